The van der Waals surface area contributed by atoms with Gasteiger partial charge in [-0.2, -0.15) is 0 Å². The Balaban J connectivity index is 0.00000264. The van der Waals surface area contributed by atoms with Gasteiger partial charge in [-0.05, 0) is 57.6 Å². The van der Waals surface area contributed by atoms with Gasteiger partial charge in [-0.15, -0.1) is 24.0 Å². The second-order valence-electron chi connectivity index (χ2n) is 6.30. The van der Waals surface area contributed by atoms with Gasteiger partial charge < -0.3 is 15.5 Å². The van der Waals surface area contributed by atoms with Crippen LogP contribution in [-0.2, 0) is 5.41 Å². The lowest BCUT2D eigenvalue weighted by atomic mass is 9.96. The van der Waals surface area contributed by atoms with E-state index in [0.717, 1.165) is 37.0 Å². The maximum atomic E-state index is 6.12. The number of nitrogens with zero attached hydrogens (tertiary/aromatic N) is 2. The average Bonchev–Trinajstić information content (AvgIpc) is 3.27. The Hall–Kier alpha value is -0.530. The molecule has 2 rings (SSSR count). The zero-order chi connectivity index (χ0) is 16.0. The molecular formula is C17H28ClIN4. The standard InChI is InChI=1S/C17H27ClN4.HI/c1-19-16(20-10-5-11-22(2)3)21-13-17(8-9-17)14-6-4-7-15(18)12-14;/h4,6-7,12H,5,8-11,13H2,1-3H3,(H2,19,20,21);1H. The van der Waals surface area contributed by atoms with Crippen molar-refractivity contribution in [1.29, 1.82) is 0 Å². The first-order valence-electron chi connectivity index (χ1n) is 7.91. The summed E-state index contributed by atoms with van der Waals surface area (Å²) in [5.41, 5.74) is 1.56. The third kappa shape index (κ3) is 6.47. The summed E-state index contributed by atoms with van der Waals surface area (Å²) in [7, 11) is 6.00. The van der Waals surface area contributed by atoms with Crippen molar-refractivity contribution in [2.75, 3.05) is 40.8 Å². The lowest BCUT2D eigenvalue weighted by molar-refractivity contribution is 0.399. The molecule has 0 atom stereocenters. The Labute approximate surface area is 162 Å². The summed E-state index contributed by atoms with van der Waals surface area (Å²) in [5.74, 6) is 0.882. The van der Waals surface area contributed by atoms with Crippen molar-refractivity contribution in [3.63, 3.8) is 0 Å². The lowest BCUT2D eigenvalue weighted by Crippen LogP contribution is -2.42. The van der Waals surface area contributed by atoms with Crippen molar-refractivity contribution < 1.29 is 0 Å². The maximum absolute atomic E-state index is 6.12. The van der Waals surface area contributed by atoms with Gasteiger partial charge in [0.2, 0.25) is 0 Å². The first-order valence-corrected chi connectivity index (χ1v) is 8.29. The Morgan fingerprint density at radius 2 is 2.04 bits per heavy atom. The van der Waals surface area contributed by atoms with Gasteiger partial charge in [-0.3, -0.25) is 4.99 Å². The van der Waals surface area contributed by atoms with Crippen molar-refractivity contribution >= 4 is 41.5 Å². The molecule has 0 heterocycles. The molecule has 0 amide bonds. The number of hydrogen-bond donors (Lipinski definition) is 2. The van der Waals surface area contributed by atoms with Crippen LogP contribution in [0.25, 0.3) is 0 Å². The van der Waals surface area contributed by atoms with Crippen molar-refractivity contribution in [2.45, 2.75) is 24.7 Å². The average molecular weight is 451 g/mol. The number of nitrogens with one attached hydrogen (secondary N) is 2. The van der Waals surface area contributed by atoms with Crippen molar-refractivity contribution in [3.05, 3.63) is 34.9 Å². The fraction of sp³-hybridized carbons (Fsp3) is 0.588. The quantitative estimate of drug-likeness (QED) is 0.290. The molecule has 1 fully saturated rings. The van der Waals surface area contributed by atoms with E-state index < -0.39 is 0 Å². The zero-order valence-corrected chi connectivity index (χ0v) is 17.3. The minimum atomic E-state index is 0. The molecule has 0 saturated heterocycles. The van der Waals surface area contributed by atoms with Crippen LogP contribution in [0.5, 0.6) is 0 Å². The summed E-state index contributed by atoms with van der Waals surface area (Å²) in [5, 5.41) is 7.65. The SMILES string of the molecule is CN=C(NCCCN(C)C)NCC1(c2cccc(Cl)c2)CC1.I. The fourth-order valence-electron chi connectivity index (χ4n) is 2.61. The third-order valence-corrected chi connectivity index (χ3v) is 4.42. The van der Waals surface area contributed by atoms with Crippen LogP contribution in [0.1, 0.15) is 24.8 Å². The highest BCUT2D eigenvalue weighted by Crippen LogP contribution is 2.48. The van der Waals surface area contributed by atoms with E-state index >= 15 is 0 Å². The number of hydrogen-bond acceptors (Lipinski definition) is 2. The molecule has 0 aromatic heterocycles. The van der Waals surface area contributed by atoms with Gasteiger partial charge in [0.1, 0.15) is 0 Å². The van der Waals surface area contributed by atoms with Gasteiger partial charge in [0.25, 0.3) is 0 Å². The van der Waals surface area contributed by atoms with E-state index in [9.17, 15) is 0 Å². The molecule has 0 bridgehead atoms. The monoisotopic (exact) mass is 450 g/mol. The highest BCUT2D eigenvalue weighted by molar-refractivity contribution is 14.0. The molecule has 1 aromatic rings. The molecule has 1 aliphatic rings. The Morgan fingerprint density at radius 3 is 2.61 bits per heavy atom. The number of rotatable bonds is 7. The van der Waals surface area contributed by atoms with E-state index in [0.29, 0.717) is 0 Å². The van der Waals surface area contributed by atoms with Gasteiger partial charge in [-0.25, -0.2) is 0 Å². The summed E-state index contributed by atoms with van der Waals surface area (Å²) >= 11 is 6.12. The molecule has 0 unspecified atom stereocenters. The largest absolute Gasteiger partial charge is 0.356 e. The molecule has 1 aliphatic carbocycles. The second-order valence-corrected chi connectivity index (χ2v) is 6.74. The van der Waals surface area contributed by atoms with E-state index in [-0.39, 0.29) is 29.4 Å². The van der Waals surface area contributed by atoms with Gasteiger partial charge in [-0.1, -0.05) is 23.7 Å². The van der Waals surface area contributed by atoms with Gasteiger partial charge in [0.05, 0.1) is 0 Å². The second kappa shape index (κ2) is 9.69. The van der Waals surface area contributed by atoms with Crippen molar-refractivity contribution in [3.8, 4) is 0 Å². The maximum Gasteiger partial charge on any atom is 0.191 e. The molecule has 130 valence electrons. The van der Waals surface area contributed by atoms with Crippen molar-refractivity contribution in [1.82, 2.24) is 15.5 Å². The number of halogens is 2. The van der Waals surface area contributed by atoms with Gasteiger partial charge >= 0.3 is 0 Å². The number of guanidine groups is 1. The van der Waals surface area contributed by atoms with Crippen LogP contribution in [0.4, 0.5) is 0 Å². The van der Waals surface area contributed by atoms with Crippen LogP contribution < -0.4 is 10.6 Å². The Morgan fingerprint density at radius 1 is 1.30 bits per heavy atom. The highest BCUT2D eigenvalue weighted by Gasteiger charge is 2.44. The van der Waals surface area contributed by atoms with E-state index in [1.54, 1.807) is 0 Å². The number of benzene rings is 1. The van der Waals surface area contributed by atoms with Crippen LogP contribution in [0.3, 0.4) is 0 Å². The van der Waals surface area contributed by atoms with E-state index in [2.05, 4.69) is 46.8 Å². The first-order chi connectivity index (χ1) is 10.6. The Bertz CT molecular complexity index is 515. The summed E-state index contributed by atoms with van der Waals surface area (Å²) in [6.45, 7) is 2.92. The van der Waals surface area contributed by atoms with E-state index in [1.807, 2.05) is 19.2 Å². The normalized spacial score (nSPS) is 16.0. The minimum Gasteiger partial charge on any atom is -0.356 e. The van der Waals surface area contributed by atoms with Crippen LogP contribution in [0.15, 0.2) is 29.3 Å². The summed E-state index contributed by atoms with van der Waals surface area (Å²) in [6.07, 6.45) is 3.52. The zero-order valence-electron chi connectivity index (χ0n) is 14.2. The topological polar surface area (TPSA) is 39.7 Å². The molecule has 0 radical (unpaired) electrons. The molecule has 2 N–H and O–H groups in total. The Kier molecular flexibility index (Phi) is 8.64. The fourth-order valence-corrected chi connectivity index (χ4v) is 2.80. The van der Waals surface area contributed by atoms with E-state index in [4.69, 9.17) is 11.6 Å². The molecule has 1 aromatic carbocycles. The summed E-state index contributed by atoms with van der Waals surface area (Å²) in [6, 6.07) is 8.23. The minimum absolute atomic E-state index is 0. The molecule has 23 heavy (non-hydrogen) atoms. The smallest absolute Gasteiger partial charge is 0.191 e. The summed E-state index contributed by atoms with van der Waals surface area (Å²) in [4.78, 5) is 6.49. The number of aliphatic imine (C=N–C) groups is 1. The van der Waals surface area contributed by atoms with Crippen LogP contribution in [-0.4, -0.2) is 51.6 Å². The van der Waals surface area contributed by atoms with Crippen molar-refractivity contribution in [2.24, 2.45) is 4.99 Å². The highest BCUT2D eigenvalue weighted by atomic mass is 127. The van der Waals surface area contributed by atoms with Gasteiger partial charge in [0.15, 0.2) is 5.96 Å². The van der Waals surface area contributed by atoms with E-state index in [1.165, 1.54) is 18.4 Å². The predicted molar refractivity (Wildman–Crippen MR) is 110 cm³/mol. The van der Waals surface area contributed by atoms with Crippen LogP contribution in [0, 0.1) is 0 Å². The predicted octanol–water partition coefficient (Wildman–Crippen LogP) is 3.11. The molecule has 4 nitrogen and oxygen atoms in total. The third-order valence-electron chi connectivity index (χ3n) is 4.18. The first kappa shape index (κ1) is 20.5. The molecule has 0 aliphatic heterocycles. The molecule has 6 heteroatoms. The lowest BCUT2D eigenvalue weighted by Gasteiger charge is -2.19. The molecule has 0 spiro atoms. The molecule has 1 saturated carbocycles. The van der Waals surface area contributed by atoms with Gasteiger partial charge in [0, 0.05) is 30.6 Å². The molecular weight excluding hydrogens is 423 g/mol. The van der Waals surface area contributed by atoms with Crippen LogP contribution >= 0.6 is 35.6 Å². The van der Waals surface area contributed by atoms with Crippen LogP contribution in [0.2, 0.25) is 5.02 Å². The summed E-state index contributed by atoms with van der Waals surface area (Å²) < 4.78 is 0.